The number of halogens is 3. The lowest BCUT2D eigenvalue weighted by Crippen LogP contribution is -2.18. The predicted molar refractivity (Wildman–Crippen MR) is 83.9 cm³/mol. The Labute approximate surface area is 131 Å². The van der Waals surface area contributed by atoms with Crippen LogP contribution in [0.3, 0.4) is 0 Å². The number of carbonyl (C=O) groups is 1. The fourth-order valence-corrected chi connectivity index (χ4v) is 2.31. The van der Waals surface area contributed by atoms with E-state index in [2.05, 4.69) is 10.6 Å². The van der Waals surface area contributed by atoms with Gasteiger partial charge in [-0.05, 0) is 30.3 Å². The van der Waals surface area contributed by atoms with Crippen molar-refractivity contribution in [1.82, 2.24) is 5.32 Å². The monoisotopic (exact) mass is 327 g/mol. The molecule has 0 atom stereocenters. The van der Waals surface area contributed by atoms with Crippen molar-refractivity contribution in [3.05, 3.63) is 51.8 Å². The number of nitrogens with two attached hydrogens (primary N) is 1. The van der Waals surface area contributed by atoms with Crippen LogP contribution in [0.4, 0.5) is 21.5 Å². The first-order valence-electron chi connectivity index (χ1n) is 5.95. The molecule has 110 valence electrons. The molecule has 4 N–H and O–H groups in total. The molecule has 0 aliphatic heterocycles. The lowest BCUT2D eigenvalue weighted by molar-refractivity contribution is 0.0963. The fraction of sp³-hybridized carbons (Fsp3) is 0.0714. The van der Waals surface area contributed by atoms with Gasteiger partial charge in [0.1, 0.15) is 5.82 Å². The van der Waals surface area contributed by atoms with Crippen LogP contribution in [0.1, 0.15) is 10.4 Å². The zero-order chi connectivity index (χ0) is 15.6. The second kappa shape index (κ2) is 6.20. The van der Waals surface area contributed by atoms with E-state index in [0.29, 0.717) is 22.6 Å². The SMILES string of the molecule is CNC(=O)c1ccc(Nc2c(Cl)cc(F)cc2Cl)c(N)c1. The molecule has 2 aromatic carbocycles. The second-order valence-corrected chi connectivity index (χ2v) is 5.06. The number of amides is 1. The summed E-state index contributed by atoms with van der Waals surface area (Å²) in [5.74, 6) is -0.774. The highest BCUT2D eigenvalue weighted by molar-refractivity contribution is 6.39. The van der Waals surface area contributed by atoms with E-state index in [9.17, 15) is 9.18 Å². The van der Waals surface area contributed by atoms with Gasteiger partial charge < -0.3 is 16.4 Å². The van der Waals surface area contributed by atoms with Gasteiger partial charge in [0.15, 0.2) is 0 Å². The van der Waals surface area contributed by atoms with Gasteiger partial charge >= 0.3 is 0 Å². The van der Waals surface area contributed by atoms with Crippen molar-refractivity contribution in [1.29, 1.82) is 0 Å². The lowest BCUT2D eigenvalue weighted by atomic mass is 10.1. The van der Waals surface area contributed by atoms with Crippen LogP contribution >= 0.6 is 23.2 Å². The summed E-state index contributed by atoms with van der Waals surface area (Å²) in [6, 6.07) is 7.03. The molecule has 0 radical (unpaired) electrons. The third kappa shape index (κ3) is 3.37. The smallest absolute Gasteiger partial charge is 0.251 e. The van der Waals surface area contributed by atoms with Gasteiger partial charge in [-0.2, -0.15) is 0 Å². The average Bonchev–Trinajstić information content (AvgIpc) is 2.43. The number of hydrogen-bond acceptors (Lipinski definition) is 3. The Morgan fingerprint density at radius 3 is 2.33 bits per heavy atom. The maximum atomic E-state index is 13.1. The number of hydrogen-bond donors (Lipinski definition) is 3. The van der Waals surface area contributed by atoms with Gasteiger partial charge in [-0.25, -0.2) is 4.39 Å². The molecule has 4 nitrogen and oxygen atoms in total. The molecule has 1 amide bonds. The number of nitrogens with one attached hydrogen (secondary N) is 2. The number of anilines is 3. The van der Waals surface area contributed by atoms with Crippen LogP contribution in [0, 0.1) is 5.82 Å². The average molecular weight is 328 g/mol. The Kier molecular flexibility index (Phi) is 4.55. The highest BCUT2D eigenvalue weighted by atomic mass is 35.5. The largest absolute Gasteiger partial charge is 0.397 e. The molecule has 0 aromatic heterocycles. The van der Waals surface area contributed by atoms with Gasteiger partial charge in [0, 0.05) is 12.6 Å². The van der Waals surface area contributed by atoms with Crippen molar-refractivity contribution in [2.24, 2.45) is 0 Å². The highest BCUT2D eigenvalue weighted by Gasteiger charge is 2.11. The molecule has 0 heterocycles. The predicted octanol–water partition coefficient (Wildman–Crippen LogP) is 3.82. The summed E-state index contributed by atoms with van der Waals surface area (Å²) in [6.07, 6.45) is 0. The van der Waals surface area contributed by atoms with Crippen molar-refractivity contribution in [2.45, 2.75) is 0 Å². The summed E-state index contributed by atoms with van der Waals surface area (Å²) in [4.78, 5) is 11.5. The molecule has 0 aliphatic rings. The number of carbonyl (C=O) groups excluding carboxylic acids is 1. The Balaban J connectivity index is 2.35. The fourth-order valence-electron chi connectivity index (χ4n) is 1.76. The van der Waals surface area contributed by atoms with Crippen molar-refractivity contribution < 1.29 is 9.18 Å². The lowest BCUT2D eigenvalue weighted by Gasteiger charge is -2.13. The molecule has 0 fully saturated rings. The van der Waals surface area contributed by atoms with Gasteiger partial charge in [0.2, 0.25) is 0 Å². The highest BCUT2D eigenvalue weighted by Crippen LogP contribution is 2.35. The molecule has 0 saturated heterocycles. The van der Waals surface area contributed by atoms with E-state index in [1.165, 1.54) is 13.1 Å². The van der Waals surface area contributed by atoms with Crippen LogP contribution < -0.4 is 16.4 Å². The Bertz CT molecular complexity index is 684. The van der Waals surface area contributed by atoms with Crippen molar-refractivity contribution in [3.63, 3.8) is 0 Å². The molecule has 21 heavy (non-hydrogen) atoms. The van der Waals surface area contributed by atoms with Crippen LogP contribution in [0.2, 0.25) is 10.0 Å². The van der Waals surface area contributed by atoms with Gasteiger partial charge in [-0.15, -0.1) is 0 Å². The summed E-state index contributed by atoms with van der Waals surface area (Å²) in [5, 5.41) is 5.70. The maximum absolute atomic E-state index is 13.1. The summed E-state index contributed by atoms with van der Waals surface area (Å²) in [5.41, 5.74) is 7.52. The van der Waals surface area contributed by atoms with Crippen molar-refractivity contribution >= 4 is 46.2 Å². The van der Waals surface area contributed by atoms with Gasteiger partial charge in [-0.3, -0.25) is 4.79 Å². The minimum absolute atomic E-state index is 0.134. The van der Waals surface area contributed by atoms with Crippen LogP contribution in [-0.2, 0) is 0 Å². The zero-order valence-electron chi connectivity index (χ0n) is 11.0. The summed E-state index contributed by atoms with van der Waals surface area (Å²) >= 11 is 11.9. The molecule has 7 heteroatoms. The second-order valence-electron chi connectivity index (χ2n) is 4.25. The van der Waals surface area contributed by atoms with E-state index in [4.69, 9.17) is 28.9 Å². The van der Waals surface area contributed by atoms with Gasteiger partial charge in [0.25, 0.3) is 5.91 Å². The number of benzene rings is 2. The molecule has 0 unspecified atom stereocenters. The number of nitrogen functional groups attached to an aromatic ring is 1. The quantitative estimate of drug-likeness (QED) is 0.751. The van der Waals surface area contributed by atoms with E-state index in [0.717, 1.165) is 12.1 Å². The molecule has 0 bridgehead atoms. The molecule has 2 aromatic rings. The molecule has 2 rings (SSSR count). The van der Waals surface area contributed by atoms with Crippen molar-refractivity contribution in [2.75, 3.05) is 18.1 Å². The normalized spacial score (nSPS) is 10.3. The third-order valence-corrected chi connectivity index (χ3v) is 3.40. The van der Waals surface area contributed by atoms with E-state index in [1.807, 2.05) is 0 Å². The zero-order valence-corrected chi connectivity index (χ0v) is 12.5. The first-order valence-corrected chi connectivity index (χ1v) is 6.71. The van der Waals surface area contributed by atoms with E-state index in [-0.39, 0.29) is 16.0 Å². The number of rotatable bonds is 3. The first-order chi connectivity index (χ1) is 9.92. The molecular weight excluding hydrogens is 316 g/mol. The standard InChI is InChI=1S/C14H12Cl2FN3O/c1-19-14(21)7-2-3-12(11(18)4-7)20-13-9(15)5-8(17)6-10(13)16/h2-6,20H,18H2,1H3,(H,19,21). The topological polar surface area (TPSA) is 67.2 Å². The Hall–Kier alpha value is -1.98. The summed E-state index contributed by atoms with van der Waals surface area (Å²) < 4.78 is 13.1. The van der Waals surface area contributed by atoms with E-state index < -0.39 is 5.82 Å². The summed E-state index contributed by atoms with van der Waals surface area (Å²) in [7, 11) is 1.53. The minimum Gasteiger partial charge on any atom is -0.397 e. The van der Waals surface area contributed by atoms with Gasteiger partial charge in [-0.1, -0.05) is 23.2 Å². The van der Waals surface area contributed by atoms with Gasteiger partial charge in [0.05, 0.1) is 27.1 Å². The summed E-state index contributed by atoms with van der Waals surface area (Å²) in [6.45, 7) is 0. The first kappa shape index (κ1) is 15.4. The van der Waals surface area contributed by atoms with Crippen LogP contribution in [0.25, 0.3) is 0 Å². The molecule has 0 aliphatic carbocycles. The van der Waals surface area contributed by atoms with Crippen LogP contribution in [-0.4, -0.2) is 13.0 Å². The van der Waals surface area contributed by atoms with Crippen molar-refractivity contribution in [3.8, 4) is 0 Å². The Morgan fingerprint density at radius 1 is 1.19 bits per heavy atom. The Morgan fingerprint density at radius 2 is 1.81 bits per heavy atom. The molecular formula is C14H12Cl2FN3O. The van der Waals surface area contributed by atoms with Crippen LogP contribution in [0.15, 0.2) is 30.3 Å². The van der Waals surface area contributed by atoms with E-state index in [1.54, 1.807) is 12.1 Å². The van der Waals surface area contributed by atoms with Crippen LogP contribution in [0.5, 0.6) is 0 Å². The van der Waals surface area contributed by atoms with E-state index >= 15 is 0 Å². The minimum atomic E-state index is -0.529. The third-order valence-electron chi connectivity index (χ3n) is 2.81. The molecule has 0 saturated carbocycles. The molecule has 0 spiro atoms. The maximum Gasteiger partial charge on any atom is 0.251 e.